The minimum atomic E-state index is 0.326. The molecule has 0 aliphatic carbocycles. The van der Waals surface area contributed by atoms with Crippen LogP contribution in [0.5, 0.6) is 11.5 Å². The molecule has 2 aromatic rings. The van der Waals surface area contributed by atoms with Crippen molar-refractivity contribution < 1.29 is 9.47 Å². The second kappa shape index (κ2) is 4.96. The molecule has 2 heteroatoms. The van der Waals surface area contributed by atoms with Gasteiger partial charge in [0.25, 0.3) is 0 Å². The summed E-state index contributed by atoms with van der Waals surface area (Å²) in [6.45, 7) is 4.81. The molecule has 2 nitrogen and oxygen atoms in total. The van der Waals surface area contributed by atoms with Gasteiger partial charge in [-0.15, -0.1) is 0 Å². The standard InChI is InChI=1S/C17H18O2/c1-12(2)8-13-4-3-5-14(9-13)15-6-7-16-17(10-15)19-11-18-16/h3-7,9-10,12H,8,11H2,1-2H3. The molecule has 0 radical (unpaired) electrons. The number of fused-ring (bicyclic) bond motifs is 1. The fourth-order valence-electron chi connectivity index (χ4n) is 2.43. The third-order valence-corrected chi connectivity index (χ3v) is 3.28. The molecule has 2 aromatic carbocycles. The smallest absolute Gasteiger partial charge is 0.231 e. The van der Waals surface area contributed by atoms with E-state index in [1.165, 1.54) is 16.7 Å². The summed E-state index contributed by atoms with van der Waals surface area (Å²) in [5.74, 6) is 2.35. The van der Waals surface area contributed by atoms with Gasteiger partial charge in [0.2, 0.25) is 6.79 Å². The zero-order valence-electron chi connectivity index (χ0n) is 11.3. The van der Waals surface area contributed by atoms with Crippen LogP contribution in [-0.4, -0.2) is 6.79 Å². The van der Waals surface area contributed by atoms with Crippen molar-refractivity contribution >= 4 is 0 Å². The van der Waals surface area contributed by atoms with Crippen LogP contribution in [-0.2, 0) is 6.42 Å². The van der Waals surface area contributed by atoms with E-state index in [1.807, 2.05) is 6.07 Å². The highest BCUT2D eigenvalue weighted by Crippen LogP contribution is 2.36. The molecule has 0 amide bonds. The Kier molecular flexibility index (Phi) is 3.16. The van der Waals surface area contributed by atoms with E-state index >= 15 is 0 Å². The van der Waals surface area contributed by atoms with Gasteiger partial charge in [0.15, 0.2) is 11.5 Å². The molecule has 0 spiro atoms. The van der Waals surface area contributed by atoms with Crippen LogP contribution in [0, 0.1) is 5.92 Å². The molecule has 1 heterocycles. The molecule has 19 heavy (non-hydrogen) atoms. The Balaban J connectivity index is 1.93. The van der Waals surface area contributed by atoms with Crippen molar-refractivity contribution in [1.29, 1.82) is 0 Å². The number of rotatable bonds is 3. The van der Waals surface area contributed by atoms with Crippen molar-refractivity contribution in [1.82, 2.24) is 0 Å². The summed E-state index contributed by atoms with van der Waals surface area (Å²) in [6.07, 6.45) is 1.11. The minimum absolute atomic E-state index is 0.326. The first kappa shape index (κ1) is 12.1. The largest absolute Gasteiger partial charge is 0.454 e. The van der Waals surface area contributed by atoms with E-state index in [9.17, 15) is 0 Å². The number of ether oxygens (including phenoxy) is 2. The Morgan fingerprint density at radius 3 is 2.58 bits per heavy atom. The Labute approximate surface area is 114 Å². The van der Waals surface area contributed by atoms with E-state index in [0.29, 0.717) is 12.7 Å². The van der Waals surface area contributed by atoms with Crippen molar-refractivity contribution in [3.63, 3.8) is 0 Å². The second-order valence-electron chi connectivity index (χ2n) is 5.37. The van der Waals surface area contributed by atoms with Crippen LogP contribution >= 0.6 is 0 Å². The summed E-state index contributed by atoms with van der Waals surface area (Å²) in [5.41, 5.74) is 3.79. The SMILES string of the molecule is CC(C)Cc1cccc(-c2ccc3c(c2)OCO3)c1. The van der Waals surface area contributed by atoms with E-state index < -0.39 is 0 Å². The van der Waals surface area contributed by atoms with Gasteiger partial charge < -0.3 is 9.47 Å². The molecule has 0 saturated carbocycles. The maximum Gasteiger partial charge on any atom is 0.231 e. The van der Waals surface area contributed by atoms with Gasteiger partial charge in [-0.05, 0) is 41.2 Å². The first-order valence-electron chi connectivity index (χ1n) is 6.71. The lowest BCUT2D eigenvalue weighted by Crippen LogP contribution is -1.94. The highest BCUT2D eigenvalue weighted by Gasteiger charge is 2.13. The summed E-state index contributed by atoms with van der Waals surface area (Å²) < 4.78 is 10.8. The topological polar surface area (TPSA) is 18.5 Å². The maximum atomic E-state index is 5.43. The number of hydrogen-bond donors (Lipinski definition) is 0. The molecule has 0 fully saturated rings. The van der Waals surface area contributed by atoms with Crippen LogP contribution in [0.15, 0.2) is 42.5 Å². The monoisotopic (exact) mass is 254 g/mol. The first-order valence-corrected chi connectivity index (χ1v) is 6.71. The van der Waals surface area contributed by atoms with E-state index in [0.717, 1.165) is 17.9 Å². The molecule has 1 aliphatic rings. The van der Waals surface area contributed by atoms with Crippen LogP contribution in [0.25, 0.3) is 11.1 Å². The first-order chi connectivity index (χ1) is 9.22. The number of hydrogen-bond acceptors (Lipinski definition) is 2. The predicted octanol–water partition coefficient (Wildman–Crippen LogP) is 4.28. The highest BCUT2D eigenvalue weighted by atomic mass is 16.7. The van der Waals surface area contributed by atoms with Crippen molar-refractivity contribution in [2.45, 2.75) is 20.3 Å². The van der Waals surface area contributed by atoms with E-state index in [4.69, 9.17) is 9.47 Å². The van der Waals surface area contributed by atoms with E-state index in [2.05, 4.69) is 50.2 Å². The third-order valence-electron chi connectivity index (χ3n) is 3.28. The van der Waals surface area contributed by atoms with Gasteiger partial charge in [-0.25, -0.2) is 0 Å². The second-order valence-corrected chi connectivity index (χ2v) is 5.37. The molecular weight excluding hydrogens is 236 g/mol. The van der Waals surface area contributed by atoms with Gasteiger partial charge in [-0.2, -0.15) is 0 Å². The zero-order valence-corrected chi connectivity index (χ0v) is 11.3. The predicted molar refractivity (Wildman–Crippen MR) is 76.5 cm³/mol. The molecule has 0 N–H and O–H groups in total. The van der Waals surface area contributed by atoms with Crippen LogP contribution < -0.4 is 9.47 Å². The van der Waals surface area contributed by atoms with Gasteiger partial charge in [0.1, 0.15) is 0 Å². The summed E-state index contributed by atoms with van der Waals surface area (Å²) in [4.78, 5) is 0. The molecular formula is C17H18O2. The molecule has 3 rings (SSSR count). The van der Waals surface area contributed by atoms with Crippen molar-refractivity contribution in [2.75, 3.05) is 6.79 Å². The van der Waals surface area contributed by atoms with Crippen LogP contribution in [0.2, 0.25) is 0 Å². The van der Waals surface area contributed by atoms with Gasteiger partial charge in [0, 0.05) is 0 Å². The third kappa shape index (κ3) is 2.58. The fraction of sp³-hybridized carbons (Fsp3) is 0.294. The van der Waals surface area contributed by atoms with Gasteiger partial charge in [0.05, 0.1) is 0 Å². The Hall–Kier alpha value is -1.96. The molecule has 98 valence electrons. The maximum absolute atomic E-state index is 5.43. The molecule has 0 bridgehead atoms. The lowest BCUT2D eigenvalue weighted by Gasteiger charge is -2.08. The summed E-state index contributed by atoms with van der Waals surface area (Å²) >= 11 is 0. The zero-order chi connectivity index (χ0) is 13.2. The quantitative estimate of drug-likeness (QED) is 0.814. The Bertz CT molecular complexity index is 588. The van der Waals surface area contributed by atoms with Crippen molar-refractivity contribution in [3.05, 3.63) is 48.0 Å². The normalized spacial score (nSPS) is 13.0. The Morgan fingerprint density at radius 1 is 0.947 bits per heavy atom. The van der Waals surface area contributed by atoms with Crippen LogP contribution in [0.4, 0.5) is 0 Å². The minimum Gasteiger partial charge on any atom is -0.454 e. The van der Waals surface area contributed by atoms with E-state index in [1.54, 1.807) is 0 Å². The fourth-order valence-corrected chi connectivity index (χ4v) is 2.43. The summed E-state index contributed by atoms with van der Waals surface area (Å²) in [7, 11) is 0. The van der Waals surface area contributed by atoms with Crippen molar-refractivity contribution in [3.8, 4) is 22.6 Å². The average molecular weight is 254 g/mol. The highest BCUT2D eigenvalue weighted by molar-refractivity contribution is 5.68. The number of benzene rings is 2. The van der Waals surface area contributed by atoms with Gasteiger partial charge in [-0.3, -0.25) is 0 Å². The lowest BCUT2D eigenvalue weighted by molar-refractivity contribution is 0.174. The van der Waals surface area contributed by atoms with Gasteiger partial charge >= 0.3 is 0 Å². The van der Waals surface area contributed by atoms with Crippen LogP contribution in [0.3, 0.4) is 0 Å². The Morgan fingerprint density at radius 2 is 1.74 bits per heavy atom. The molecule has 0 saturated heterocycles. The van der Waals surface area contributed by atoms with E-state index in [-0.39, 0.29) is 0 Å². The lowest BCUT2D eigenvalue weighted by atomic mass is 9.98. The van der Waals surface area contributed by atoms with Crippen molar-refractivity contribution in [2.24, 2.45) is 5.92 Å². The summed E-state index contributed by atoms with van der Waals surface area (Å²) in [5, 5.41) is 0. The molecule has 1 aliphatic heterocycles. The average Bonchev–Trinajstić information content (AvgIpc) is 2.85. The van der Waals surface area contributed by atoms with Gasteiger partial charge in [-0.1, -0.05) is 44.2 Å². The molecule has 0 aromatic heterocycles. The summed E-state index contributed by atoms with van der Waals surface area (Å²) in [6, 6.07) is 14.8. The molecule has 0 unspecified atom stereocenters. The molecule has 0 atom stereocenters. The van der Waals surface area contributed by atoms with Crippen LogP contribution in [0.1, 0.15) is 19.4 Å².